The van der Waals surface area contributed by atoms with Gasteiger partial charge in [0, 0.05) is 25.6 Å². The van der Waals surface area contributed by atoms with Crippen molar-refractivity contribution in [1.82, 2.24) is 15.1 Å². The van der Waals surface area contributed by atoms with Crippen molar-refractivity contribution in [2.45, 2.75) is 57.4 Å². The van der Waals surface area contributed by atoms with Crippen LogP contribution in [-0.4, -0.2) is 61.0 Å². The minimum atomic E-state index is 0. The average Bonchev–Trinajstić information content (AvgIpc) is 2.57. The van der Waals surface area contributed by atoms with Crippen LogP contribution in [0.5, 0.6) is 0 Å². The zero-order valence-electron chi connectivity index (χ0n) is 14.2. The Hall–Kier alpha value is -0.0300. The minimum Gasteiger partial charge on any atom is -0.343 e. The highest BCUT2D eigenvalue weighted by Gasteiger charge is 2.28. The van der Waals surface area contributed by atoms with Crippen LogP contribution in [-0.2, 0) is 4.79 Å². The van der Waals surface area contributed by atoms with Gasteiger partial charge in [-0.25, -0.2) is 0 Å². The van der Waals surface area contributed by atoms with Gasteiger partial charge < -0.3 is 15.1 Å². The number of amides is 1. The van der Waals surface area contributed by atoms with Crippen LogP contribution in [0.1, 0.15) is 51.4 Å². The molecule has 0 unspecified atom stereocenters. The van der Waals surface area contributed by atoms with Crippen molar-refractivity contribution >= 4 is 30.7 Å². The summed E-state index contributed by atoms with van der Waals surface area (Å²) in [4.78, 5) is 17.3. The van der Waals surface area contributed by atoms with E-state index in [4.69, 9.17) is 0 Å². The number of halogens is 2. The number of hydrogen-bond donors (Lipinski definition) is 1. The third-order valence-electron chi connectivity index (χ3n) is 5.65. The Labute approximate surface area is 153 Å². The number of likely N-dealkylation sites (tertiary alicyclic amines) is 2. The van der Waals surface area contributed by atoms with Gasteiger partial charge in [0.05, 0.1) is 0 Å². The van der Waals surface area contributed by atoms with Crippen molar-refractivity contribution in [1.29, 1.82) is 0 Å². The Bertz CT molecular complexity index is 337. The highest BCUT2D eigenvalue weighted by Crippen LogP contribution is 2.23. The third-order valence-corrected chi connectivity index (χ3v) is 5.65. The van der Waals surface area contributed by atoms with Gasteiger partial charge in [-0.1, -0.05) is 6.42 Å². The summed E-state index contributed by atoms with van der Waals surface area (Å²) in [6.45, 7) is 6.74. The van der Waals surface area contributed by atoms with E-state index in [9.17, 15) is 4.79 Å². The molecule has 3 saturated heterocycles. The van der Waals surface area contributed by atoms with Crippen molar-refractivity contribution in [3.05, 3.63) is 0 Å². The van der Waals surface area contributed by atoms with Gasteiger partial charge in [-0.3, -0.25) is 4.79 Å². The smallest absolute Gasteiger partial charge is 0.222 e. The van der Waals surface area contributed by atoms with Gasteiger partial charge in [0.25, 0.3) is 0 Å². The van der Waals surface area contributed by atoms with Crippen LogP contribution in [0.25, 0.3) is 0 Å². The topological polar surface area (TPSA) is 35.6 Å². The molecule has 136 valence electrons. The second-order valence-corrected chi connectivity index (χ2v) is 7.11. The summed E-state index contributed by atoms with van der Waals surface area (Å²) >= 11 is 0. The SMILES string of the molecule is Cl.Cl.O=C(CC1CCNCC1)N1CCC(N2CCCCC2)CC1. The fourth-order valence-corrected chi connectivity index (χ4v) is 4.23. The summed E-state index contributed by atoms with van der Waals surface area (Å²) in [6, 6.07) is 0.744. The van der Waals surface area contributed by atoms with E-state index in [1.54, 1.807) is 0 Å². The summed E-state index contributed by atoms with van der Waals surface area (Å²) in [7, 11) is 0. The lowest BCUT2D eigenvalue weighted by molar-refractivity contribution is -0.134. The van der Waals surface area contributed by atoms with Gasteiger partial charge in [-0.2, -0.15) is 0 Å². The Morgan fingerprint density at radius 1 is 0.870 bits per heavy atom. The number of hydrogen-bond acceptors (Lipinski definition) is 3. The second-order valence-electron chi connectivity index (χ2n) is 7.11. The van der Waals surface area contributed by atoms with E-state index in [0.717, 1.165) is 38.6 Å². The number of carbonyl (C=O) groups is 1. The average molecular weight is 366 g/mol. The van der Waals surface area contributed by atoms with Crippen LogP contribution in [0.4, 0.5) is 0 Å². The predicted molar refractivity (Wildman–Crippen MR) is 99.7 cm³/mol. The zero-order valence-corrected chi connectivity index (χ0v) is 15.8. The van der Waals surface area contributed by atoms with Crippen LogP contribution in [0, 0.1) is 5.92 Å². The molecule has 3 rings (SSSR count). The molecular formula is C17H33Cl2N3O. The summed E-state index contributed by atoms with van der Waals surface area (Å²) < 4.78 is 0. The maximum Gasteiger partial charge on any atom is 0.222 e. The lowest BCUT2D eigenvalue weighted by Gasteiger charge is -2.40. The van der Waals surface area contributed by atoms with Crippen molar-refractivity contribution < 1.29 is 4.79 Å². The Morgan fingerprint density at radius 2 is 1.48 bits per heavy atom. The largest absolute Gasteiger partial charge is 0.343 e. The Balaban J connectivity index is 0.00000132. The molecule has 0 aromatic carbocycles. The quantitative estimate of drug-likeness (QED) is 0.834. The van der Waals surface area contributed by atoms with Crippen molar-refractivity contribution in [2.24, 2.45) is 5.92 Å². The first-order chi connectivity index (χ1) is 10.3. The number of nitrogens with zero attached hydrogens (tertiary/aromatic N) is 2. The third kappa shape index (κ3) is 6.08. The van der Waals surface area contributed by atoms with Crippen molar-refractivity contribution in [3.63, 3.8) is 0 Å². The number of rotatable bonds is 3. The highest BCUT2D eigenvalue weighted by molar-refractivity contribution is 5.85. The van der Waals surface area contributed by atoms with Crippen LogP contribution in [0.15, 0.2) is 0 Å². The fraction of sp³-hybridized carbons (Fsp3) is 0.941. The van der Waals surface area contributed by atoms with E-state index < -0.39 is 0 Å². The van der Waals surface area contributed by atoms with E-state index in [2.05, 4.69) is 15.1 Å². The zero-order chi connectivity index (χ0) is 14.5. The van der Waals surface area contributed by atoms with Gasteiger partial charge in [0.15, 0.2) is 0 Å². The number of nitrogens with one attached hydrogen (secondary N) is 1. The molecule has 3 heterocycles. The molecule has 6 heteroatoms. The summed E-state index contributed by atoms with van der Waals surface area (Å²) in [5, 5.41) is 3.38. The molecule has 3 aliphatic heterocycles. The first-order valence-electron chi connectivity index (χ1n) is 9.05. The molecule has 0 aromatic heterocycles. The van der Waals surface area contributed by atoms with Crippen LogP contribution in [0.3, 0.4) is 0 Å². The molecule has 1 amide bonds. The normalized spacial score (nSPS) is 24.6. The van der Waals surface area contributed by atoms with Gasteiger partial charge in [0.1, 0.15) is 0 Å². The second kappa shape index (κ2) is 10.8. The highest BCUT2D eigenvalue weighted by atomic mass is 35.5. The summed E-state index contributed by atoms with van der Waals surface area (Å²) in [6.07, 6.45) is 9.67. The van der Waals surface area contributed by atoms with Crippen molar-refractivity contribution in [2.75, 3.05) is 39.3 Å². The van der Waals surface area contributed by atoms with E-state index in [1.165, 1.54) is 58.0 Å². The molecule has 0 radical (unpaired) electrons. The van der Waals surface area contributed by atoms with Crippen LogP contribution >= 0.6 is 24.8 Å². The van der Waals surface area contributed by atoms with E-state index in [1.807, 2.05) is 0 Å². The fourth-order valence-electron chi connectivity index (χ4n) is 4.23. The molecular weight excluding hydrogens is 333 g/mol. The standard InChI is InChI=1S/C17H31N3O.2ClH/c21-17(14-15-4-8-18-9-5-15)20-12-6-16(7-13-20)19-10-2-1-3-11-19;;/h15-16,18H,1-14H2;2*1H. The molecule has 23 heavy (non-hydrogen) atoms. The Kier molecular flexibility index (Phi) is 9.83. The molecule has 0 bridgehead atoms. The molecule has 1 N–H and O–H groups in total. The maximum atomic E-state index is 12.4. The first-order valence-corrected chi connectivity index (χ1v) is 9.05. The van der Waals surface area contributed by atoms with Crippen molar-refractivity contribution in [3.8, 4) is 0 Å². The summed E-state index contributed by atoms with van der Waals surface area (Å²) in [5.41, 5.74) is 0. The van der Waals surface area contributed by atoms with E-state index in [0.29, 0.717) is 11.8 Å². The molecule has 3 fully saturated rings. The van der Waals surface area contributed by atoms with Gasteiger partial charge in [-0.05, 0) is 70.6 Å². The lowest BCUT2D eigenvalue weighted by Crippen LogP contribution is -2.48. The Morgan fingerprint density at radius 3 is 2.09 bits per heavy atom. The van der Waals surface area contributed by atoms with Gasteiger partial charge in [-0.15, -0.1) is 24.8 Å². The summed E-state index contributed by atoms with van der Waals surface area (Å²) in [5.74, 6) is 1.04. The first kappa shape index (κ1) is 21.0. The molecule has 4 nitrogen and oxygen atoms in total. The molecule has 0 spiro atoms. The lowest BCUT2D eigenvalue weighted by atomic mass is 9.93. The van der Waals surface area contributed by atoms with Crippen LogP contribution < -0.4 is 5.32 Å². The number of carbonyl (C=O) groups excluding carboxylic acids is 1. The maximum absolute atomic E-state index is 12.4. The van der Waals surface area contributed by atoms with Gasteiger partial charge in [0.2, 0.25) is 5.91 Å². The van der Waals surface area contributed by atoms with E-state index >= 15 is 0 Å². The van der Waals surface area contributed by atoms with E-state index in [-0.39, 0.29) is 24.8 Å². The molecule has 0 saturated carbocycles. The minimum absolute atomic E-state index is 0. The molecule has 0 atom stereocenters. The molecule has 0 aromatic rings. The number of piperidine rings is 3. The monoisotopic (exact) mass is 365 g/mol. The predicted octanol–water partition coefficient (Wildman–Crippen LogP) is 2.70. The van der Waals surface area contributed by atoms with Crippen LogP contribution in [0.2, 0.25) is 0 Å². The van der Waals surface area contributed by atoms with Gasteiger partial charge >= 0.3 is 0 Å². The molecule has 0 aliphatic carbocycles. The molecule has 3 aliphatic rings.